The summed E-state index contributed by atoms with van der Waals surface area (Å²) in [6.07, 6.45) is 3.72. The minimum Gasteiger partial charge on any atom is -0.401 e. The molecule has 0 unspecified atom stereocenters. The highest BCUT2D eigenvalue weighted by Gasteiger charge is 1.98. The molecule has 0 saturated carbocycles. The molecule has 12 heavy (non-hydrogen) atoms. The Morgan fingerprint density at radius 3 is 3.08 bits per heavy atom. The highest BCUT2D eigenvalue weighted by Crippen LogP contribution is 1.78. The van der Waals surface area contributed by atoms with Gasteiger partial charge in [0.25, 0.3) is 5.24 Å². The molecule has 1 rings (SSSR count). The molecule has 0 spiro atoms. The van der Waals surface area contributed by atoms with Gasteiger partial charge in [-0.1, -0.05) is 0 Å². The van der Waals surface area contributed by atoms with E-state index in [0.29, 0.717) is 0 Å². The molecule has 1 aromatic heterocycles. The lowest BCUT2D eigenvalue weighted by Gasteiger charge is -2.02. The zero-order valence-corrected chi connectivity index (χ0v) is 6.69. The van der Waals surface area contributed by atoms with Gasteiger partial charge in [0.15, 0.2) is 6.61 Å². The number of halogens is 1. The van der Waals surface area contributed by atoms with Crippen molar-refractivity contribution in [3.8, 4) is 0 Å². The van der Waals surface area contributed by atoms with Crippen molar-refractivity contribution in [2.24, 2.45) is 0 Å². The van der Waals surface area contributed by atoms with Crippen LogP contribution in [0.15, 0.2) is 23.4 Å². The van der Waals surface area contributed by atoms with Crippen LogP contribution in [0.5, 0.6) is 0 Å². The van der Waals surface area contributed by atoms with Gasteiger partial charge < -0.3 is 4.84 Å². The third kappa shape index (κ3) is 2.35. The maximum absolute atomic E-state index is 10.9. The summed E-state index contributed by atoms with van der Waals surface area (Å²) in [5, 5.41) is -0.668. The van der Waals surface area contributed by atoms with Crippen molar-refractivity contribution in [3.05, 3.63) is 28.9 Å². The topological polar surface area (TPSA) is 61.2 Å². The zero-order valence-electron chi connectivity index (χ0n) is 5.94. The molecule has 64 valence electrons. The van der Waals surface area contributed by atoms with Crippen LogP contribution in [0.3, 0.4) is 0 Å². The van der Waals surface area contributed by atoms with Gasteiger partial charge >= 0.3 is 5.56 Å². The van der Waals surface area contributed by atoms with Gasteiger partial charge in [0.1, 0.15) is 0 Å². The van der Waals surface area contributed by atoms with Crippen molar-refractivity contribution in [2.45, 2.75) is 0 Å². The second kappa shape index (κ2) is 3.87. The van der Waals surface area contributed by atoms with E-state index in [-0.39, 0.29) is 6.61 Å². The van der Waals surface area contributed by atoms with Crippen molar-refractivity contribution in [1.29, 1.82) is 0 Å². The molecule has 0 aliphatic carbocycles. The number of nitrogens with zero attached hydrogens (tertiary/aromatic N) is 2. The Bertz CT molecular complexity index is 336. The molecule has 1 heterocycles. The summed E-state index contributed by atoms with van der Waals surface area (Å²) in [5.41, 5.74) is -0.449. The first kappa shape index (κ1) is 8.73. The number of carbonyl (C=O) groups is 1. The molecule has 0 atom stereocenters. The van der Waals surface area contributed by atoms with E-state index < -0.39 is 10.8 Å². The maximum Gasteiger partial charge on any atom is 0.301 e. The van der Waals surface area contributed by atoms with Crippen molar-refractivity contribution in [3.63, 3.8) is 0 Å². The van der Waals surface area contributed by atoms with Crippen LogP contribution in [0.2, 0.25) is 0 Å². The van der Waals surface area contributed by atoms with Crippen LogP contribution in [-0.4, -0.2) is 21.6 Å². The lowest BCUT2D eigenvalue weighted by molar-refractivity contribution is -0.116. The highest BCUT2D eigenvalue weighted by atomic mass is 35.5. The van der Waals surface area contributed by atoms with Gasteiger partial charge in [0.05, 0.1) is 12.4 Å². The quantitative estimate of drug-likeness (QED) is 0.597. The van der Waals surface area contributed by atoms with E-state index in [1.54, 1.807) is 0 Å². The maximum atomic E-state index is 10.9. The van der Waals surface area contributed by atoms with Gasteiger partial charge in [-0.3, -0.25) is 14.6 Å². The standard InChI is InChI=1S/C6H5ClN2O3/c7-5(10)4-12-9-2-1-8-3-6(9)11/h1-3H,4H2. The predicted molar refractivity (Wildman–Crippen MR) is 40.8 cm³/mol. The molecular formula is C6H5ClN2O3. The van der Waals surface area contributed by atoms with Gasteiger partial charge in [-0.2, -0.15) is 0 Å². The molecule has 0 aromatic carbocycles. The third-order valence-corrected chi connectivity index (χ3v) is 1.12. The molecule has 0 aliphatic rings. The Hall–Kier alpha value is -1.36. The minimum atomic E-state index is -0.668. The fraction of sp³-hybridized carbons (Fsp3) is 0.167. The Morgan fingerprint density at radius 2 is 2.50 bits per heavy atom. The average Bonchev–Trinajstić information content (AvgIpc) is 2.03. The van der Waals surface area contributed by atoms with Crippen molar-refractivity contribution < 1.29 is 9.63 Å². The van der Waals surface area contributed by atoms with Gasteiger partial charge in [-0.05, 0) is 11.6 Å². The Kier molecular flexibility index (Phi) is 2.82. The summed E-state index contributed by atoms with van der Waals surface area (Å²) in [4.78, 5) is 29.3. The smallest absolute Gasteiger partial charge is 0.301 e. The van der Waals surface area contributed by atoms with Gasteiger partial charge in [0.2, 0.25) is 0 Å². The SMILES string of the molecule is O=C(Cl)COn1ccncc1=O. The van der Waals surface area contributed by atoms with E-state index in [1.165, 1.54) is 12.4 Å². The molecule has 6 heteroatoms. The van der Waals surface area contributed by atoms with Crippen molar-refractivity contribution in [1.82, 2.24) is 9.71 Å². The summed E-state index contributed by atoms with van der Waals surface area (Å²) >= 11 is 4.99. The first-order chi connectivity index (χ1) is 5.70. The fourth-order valence-electron chi connectivity index (χ4n) is 0.563. The molecule has 0 amide bonds. The van der Waals surface area contributed by atoms with Crippen LogP contribution >= 0.6 is 11.6 Å². The van der Waals surface area contributed by atoms with E-state index in [0.717, 1.165) is 10.9 Å². The van der Waals surface area contributed by atoms with E-state index >= 15 is 0 Å². The third-order valence-electron chi connectivity index (χ3n) is 1.01. The highest BCUT2D eigenvalue weighted by molar-refractivity contribution is 6.63. The predicted octanol–water partition coefficient (Wildman–Crippen LogP) is -0.563. The monoisotopic (exact) mass is 188 g/mol. The first-order valence-corrected chi connectivity index (χ1v) is 3.42. The minimum absolute atomic E-state index is 0.342. The van der Waals surface area contributed by atoms with Gasteiger partial charge in [0, 0.05) is 6.20 Å². The van der Waals surface area contributed by atoms with Crippen LogP contribution in [0, 0.1) is 0 Å². The number of carbonyl (C=O) groups excluding carboxylic acids is 1. The van der Waals surface area contributed by atoms with Crippen molar-refractivity contribution in [2.75, 3.05) is 6.61 Å². The van der Waals surface area contributed by atoms with Crippen LogP contribution in [0.4, 0.5) is 0 Å². The number of hydrogen-bond acceptors (Lipinski definition) is 4. The largest absolute Gasteiger partial charge is 0.401 e. The number of hydrogen-bond donors (Lipinski definition) is 0. The molecule has 0 aliphatic heterocycles. The Balaban J connectivity index is 2.70. The fourth-order valence-corrected chi connectivity index (χ4v) is 0.612. The summed E-state index contributed by atoms with van der Waals surface area (Å²) in [6.45, 7) is -0.342. The Morgan fingerprint density at radius 1 is 1.75 bits per heavy atom. The van der Waals surface area contributed by atoms with E-state index in [9.17, 15) is 9.59 Å². The molecule has 0 N–H and O–H groups in total. The van der Waals surface area contributed by atoms with Crippen LogP contribution < -0.4 is 10.4 Å². The lowest BCUT2D eigenvalue weighted by Crippen LogP contribution is -2.28. The van der Waals surface area contributed by atoms with Crippen molar-refractivity contribution >= 4 is 16.8 Å². The van der Waals surface area contributed by atoms with E-state index in [4.69, 9.17) is 11.6 Å². The normalized spacial score (nSPS) is 9.42. The van der Waals surface area contributed by atoms with Crippen LogP contribution in [0.25, 0.3) is 0 Å². The Labute approximate surface area is 72.5 Å². The van der Waals surface area contributed by atoms with Crippen LogP contribution in [0.1, 0.15) is 0 Å². The van der Waals surface area contributed by atoms with E-state index in [1.807, 2.05) is 0 Å². The molecule has 0 radical (unpaired) electrons. The first-order valence-electron chi connectivity index (χ1n) is 3.04. The van der Waals surface area contributed by atoms with E-state index in [2.05, 4.69) is 9.82 Å². The molecule has 0 fully saturated rings. The van der Waals surface area contributed by atoms with Gasteiger partial charge in [-0.25, -0.2) is 0 Å². The number of rotatable bonds is 3. The molecule has 1 aromatic rings. The molecule has 0 saturated heterocycles. The second-order valence-corrected chi connectivity index (χ2v) is 2.29. The summed E-state index contributed by atoms with van der Waals surface area (Å²) < 4.78 is 0.882. The second-order valence-electron chi connectivity index (χ2n) is 1.87. The molecule has 5 nitrogen and oxygen atoms in total. The lowest BCUT2D eigenvalue weighted by atomic mass is 10.7. The van der Waals surface area contributed by atoms with Crippen LogP contribution in [-0.2, 0) is 4.79 Å². The summed E-state index contributed by atoms with van der Waals surface area (Å²) in [6, 6.07) is 0. The molecular weight excluding hydrogens is 184 g/mol. The molecule has 0 bridgehead atoms. The van der Waals surface area contributed by atoms with Gasteiger partial charge in [-0.15, -0.1) is 4.73 Å². The average molecular weight is 189 g/mol. The zero-order chi connectivity index (χ0) is 8.97. The summed E-state index contributed by atoms with van der Waals surface area (Å²) in [7, 11) is 0. The summed E-state index contributed by atoms with van der Waals surface area (Å²) in [5.74, 6) is 0. The number of aromatic nitrogens is 2.